The predicted molar refractivity (Wildman–Crippen MR) is 78.9 cm³/mol. The van der Waals surface area contributed by atoms with E-state index in [9.17, 15) is 14.0 Å². The SMILES string of the molecule is CC(=O)N(CCC(=O)Nc1cc(C)on1)c1ccc(F)cc1. The Morgan fingerprint density at radius 3 is 2.55 bits per heavy atom. The molecule has 2 rings (SSSR count). The van der Waals surface area contributed by atoms with Crippen LogP contribution in [0.15, 0.2) is 34.9 Å². The Labute approximate surface area is 126 Å². The molecule has 1 N–H and O–H groups in total. The average molecular weight is 305 g/mol. The number of nitrogens with zero attached hydrogens (tertiary/aromatic N) is 2. The standard InChI is InChI=1S/C15H16FN3O3/c1-10-9-14(18-22-10)17-15(21)7-8-19(11(2)20)13-5-3-12(16)4-6-13/h3-6,9H,7-8H2,1-2H3,(H,17,18,21). The highest BCUT2D eigenvalue weighted by molar-refractivity contribution is 5.94. The zero-order valence-corrected chi connectivity index (χ0v) is 12.3. The third-order valence-corrected chi connectivity index (χ3v) is 2.98. The first-order chi connectivity index (χ1) is 10.5. The van der Waals surface area contributed by atoms with E-state index in [2.05, 4.69) is 10.5 Å². The summed E-state index contributed by atoms with van der Waals surface area (Å²) in [5.74, 6) is 0.0235. The summed E-state index contributed by atoms with van der Waals surface area (Å²) in [6.07, 6.45) is 0.0862. The van der Waals surface area contributed by atoms with Gasteiger partial charge in [-0.25, -0.2) is 4.39 Å². The molecule has 0 saturated carbocycles. The lowest BCUT2D eigenvalue weighted by Gasteiger charge is -2.20. The molecule has 7 heteroatoms. The lowest BCUT2D eigenvalue weighted by Crippen LogP contribution is -2.31. The number of halogens is 1. The number of nitrogens with one attached hydrogen (secondary N) is 1. The maximum absolute atomic E-state index is 12.9. The summed E-state index contributed by atoms with van der Waals surface area (Å²) in [5.41, 5.74) is 0.541. The summed E-state index contributed by atoms with van der Waals surface area (Å²) in [7, 11) is 0. The van der Waals surface area contributed by atoms with Crippen LogP contribution < -0.4 is 10.2 Å². The van der Waals surface area contributed by atoms with Crippen LogP contribution in [0.5, 0.6) is 0 Å². The molecule has 0 aliphatic carbocycles. The number of carbonyl (C=O) groups is 2. The van der Waals surface area contributed by atoms with Crippen molar-refractivity contribution < 1.29 is 18.5 Å². The van der Waals surface area contributed by atoms with Gasteiger partial charge in [-0.1, -0.05) is 5.16 Å². The Hall–Kier alpha value is -2.70. The Balaban J connectivity index is 1.95. The number of hydrogen-bond donors (Lipinski definition) is 1. The summed E-state index contributed by atoms with van der Waals surface area (Å²) in [4.78, 5) is 24.9. The minimum Gasteiger partial charge on any atom is -0.360 e. The van der Waals surface area contributed by atoms with Crippen molar-refractivity contribution in [2.75, 3.05) is 16.8 Å². The van der Waals surface area contributed by atoms with Gasteiger partial charge in [0, 0.05) is 31.6 Å². The lowest BCUT2D eigenvalue weighted by atomic mass is 10.2. The highest BCUT2D eigenvalue weighted by Crippen LogP contribution is 2.16. The van der Waals surface area contributed by atoms with Crippen LogP contribution in [-0.4, -0.2) is 23.5 Å². The van der Waals surface area contributed by atoms with Crippen LogP contribution in [0.3, 0.4) is 0 Å². The zero-order valence-electron chi connectivity index (χ0n) is 12.3. The highest BCUT2D eigenvalue weighted by atomic mass is 19.1. The number of benzene rings is 1. The molecule has 116 valence electrons. The molecular weight excluding hydrogens is 289 g/mol. The van der Waals surface area contributed by atoms with Gasteiger partial charge in [-0.2, -0.15) is 0 Å². The van der Waals surface area contributed by atoms with E-state index in [1.165, 1.54) is 36.1 Å². The number of anilines is 2. The molecule has 22 heavy (non-hydrogen) atoms. The van der Waals surface area contributed by atoms with Gasteiger partial charge in [0.2, 0.25) is 11.8 Å². The predicted octanol–water partition coefficient (Wildman–Crippen LogP) is 2.50. The van der Waals surface area contributed by atoms with Gasteiger partial charge < -0.3 is 14.7 Å². The molecule has 0 atom stereocenters. The smallest absolute Gasteiger partial charge is 0.227 e. The van der Waals surface area contributed by atoms with Crippen LogP contribution in [0.1, 0.15) is 19.1 Å². The van der Waals surface area contributed by atoms with Crippen LogP contribution in [0.4, 0.5) is 15.9 Å². The summed E-state index contributed by atoms with van der Waals surface area (Å²) >= 11 is 0. The Kier molecular flexibility index (Phi) is 4.88. The molecular formula is C15H16FN3O3. The topological polar surface area (TPSA) is 75.4 Å². The zero-order chi connectivity index (χ0) is 16.1. The molecule has 0 aliphatic rings. The van der Waals surface area contributed by atoms with Crippen LogP contribution >= 0.6 is 0 Å². The van der Waals surface area contributed by atoms with Crippen molar-refractivity contribution >= 4 is 23.3 Å². The van der Waals surface area contributed by atoms with E-state index in [0.717, 1.165) is 0 Å². The largest absolute Gasteiger partial charge is 0.360 e. The molecule has 1 aromatic heterocycles. The van der Waals surface area contributed by atoms with E-state index < -0.39 is 0 Å². The maximum atomic E-state index is 12.9. The molecule has 1 heterocycles. The summed E-state index contributed by atoms with van der Waals surface area (Å²) in [6.45, 7) is 3.29. The van der Waals surface area contributed by atoms with E-state index in [1.807, 2.05) is 0 Å². The van der Waals surface area contributed by atoms with Crippen molar-refractivity contribution in [3.8, 4) is 0 Å². The summed E-state index contributed by atoms with van der Waals surface area (Å²) < 4.78 is 17.8. The lowest BCUT2D eigenvalue weighted by molar-refractivity contribution is -0.117. The van der Waals surface area contributed by atoms with Crippen molar-refractivity contribution in [1.82, 2.24) is 5.16 Å². The fourth-order valence-electron chi connectivity index (χ4n) is 1.93. The van der Waals surface area contributed by atoms with Gasteiger partial charge in [0.15, 0.2) is 5.82 Å². The van der Waals surface area contributed by atoms with Crippen molar-refractivity contribution in [1.29, 1.82) is 0 Å². The third-order valence-electron chi connectivity index (χ3n) is 2.98. The molecule has 0 aliphatic heterocycles. The second-order valence-corrected chi connectivity index (χ2v) is 4.77. The molecule has 0 unspecified atom stereocenters. The average Bonchev–Trinajstić information content (AvgIpc) is 2.86. The fraction of sp³-hybridized carbons (Fsp3) is 0.267. The quantitative estimate of drug-likeness (QED) is 0.921. The second kappa shape index (κ2) is 6.84. The van der Waals surface area contributed by atoms with Crippen LogP contribution in [0.25, 0.3) is 0 Å². The van der Waals surface area contributed by atoms with Crippen LogP contribution in [0, 0.1) is 12.7 Å². The number of aryl methyl sites for hydroxylation is 1. The molecule has 2 amide bonds. The van der Waals surface area contributed by atoms with E-state index in [4.69, 9.17) is 4.52 Å². The van der Waals surface area contributed by atoms with Crippen LogP contribution in [-0.2, 0) is 9.59 Å². The van der Waals surface area contributed by atoms with Gasteiger partial charge in [-0.05, 0) is 31.2 Å². The molecule has 0 spiro atoms. The molecule has 1 aromatic carbocycles. The first kappa shape index (κ1) is 15.7. The monoisotopic (exact) mass is 305 g/mol. The minimum atomic E-state index is -0.383. The summed E-state index contributed by atoms with van der Waals surface area (Å²) in [6, 6.07) is 7.12. The van der Waals surface area contributed by atoms with E-state index in [1.54, 1.807) is 13.0 Å². The molecule has 2 aromatic rings. The summed E-state index contributed by atoms with van der Waals surface area (Å²) in [5, 5.41) is 6.23. The van der Waals surface area contributed by atoms with Gasteiger partial charge in [0.1, 0.15) is 11.6 Å². The van der Waals surface area contributed by atoms with Gasteiger partial charge in [-0.15, -0.1) is 0 Å². The molecule has 6 nitrogen and oxygen atoms in total. The van der Waals surface area contributed by atoms with E-state index in [0.29, 0.717) is 17.3 Å². The molecule has 0 radical (unpaired) electrons. The number of hydrogen-bond acceptors (Lipinski definition) is 4. The molecule has 0 saturated heterocycles. The maximum Gasteiger partial charge on any atom is 0.227 e. The van der Waals surface area contributed by atoms with Crippen molar-refractivity contribution in [3.63, 3.8) is 0 Å². The molecule has 0 fully saturated rings. The van der Waals surface area contributed by atoms with Gasteiger partial charge >= 0.3 is 0 Å². The molecule has 0 bridgehead atoms. The van der Waals surface area contributed by atoms with E-state index in [-0.39, 0.29) is 30.6 Å². The highest BCUT2D eigenvalue weighted by Gasteiger charge is 2.14. The Morgan fingerprint density at radius 1 is 1.32 bits per heavy atom. The number of amides is 2. The Bertz CT molecular complexity index is 667. The minimum absolute atomic E-state index is 0.0862. The number of carbonyl (C=O) groups excluding carboxylic acids is 2. The van der Waals surface area contributed by atoms with E-state index >= 15 is 0 Å². The van der Waals surface area contributed by atoms with Crippen molar-refractivity contribution in [2.24, 2.45) is 0 Å². The number of aromatic nitrogens is 1. The first-order valence-corrected chi connectivity index (χ1v) is 6.72. The van der Waals surface area contributed by atoms with Gasteiger partial charge in [0.05, 0.1) is 0 Å². The second-order valence-electron chi connectivity index (χ2n) is 4.77. The fourth-order valence-corrected chi connectivity index (χ4v) is 1.93. The van der Waals surface area contributed by atoms with Crippen LogP contribution in [0.2, 0.25) is 0 Å². The third kappa shape index (κ3) is 4.15. The Morgan fingerprint density at radius 2 is 2.00 bits per heavy atom. The number of rotatable bonds is 5. The van der Waals surface area contributed by atoms with Gasteiger partial charge in [0.25, 0.3) is 0 Å². The first-order valence-electron chi connectivity index (χ1n) is 6.72. The van der Waals surface area contributed by atoms with Crippen molar-refractivity contribution in [2.45, 2.75) is 20.3 Å². The van der Waals surface area contributed by atoms with Gasteiger partial charge in [-0.3, -0.25) is 9.59 Å². The van der Waals surface area contributed by atoms with Crippen molar-refractivity contribution in [3.05, 3.63) is 41.9 Å². The normalized spacial score (nSPS) is 10.3.